The number of sulfonamides is 1. The lowest BCUT2D eigenvalue weighted by molar-refractivity contribution is -0.384. The van der Waals surface area contributed by atoms with E-state index in [1.165, 1.54) is 48.5 Å². The number of nitrogens with one attached hydrogen (secondary N) is 2. The quantitative estimate of drug-likeness (QED) is 0.229. The molecule has 0 atom stereocenters. The van der Waals surface area contributed by atoms with E-state index in [9.17, 15) is 32.1 Å². The van der Waals surface area contributed by atoms with E-state index >= 15 is 0 Å². The summed E-state index contributed by atoms with van der Waals surface area (Å²) in [4.78, 5) is 22.6. The summed E-state index contributed by atoms with van der Waals surface area (Å²) in [6.45, 7) is 0. The molecule has 0 fully saturated rings. The Kier molecular flexibility index (Phi) is 7.51. The number of alkyl halides is 2. The third-order valence-corrected chi connectivity index (χ3v) is 6.58. The first-order valence-electron chi connectivity index (χ1n) is 8.98. The zero-order chi connectivity index (χ0) is 24.2. The van der Waals surface area contributed by atoms with E-state index in [0.717, 1.165) is 18.2 Å². The van der Waals surface area contributed by atoms with Gasteiger partial charge in [-0.1, -0.05) is 23.4 Å². The van der Waals surface area contributed by atoms with E-state index < -0.39 is 32.3 Å². The van der Waals surface area contributed by atoms with E-state index in [4.69, 9.17) is 11.6 Å². The number of nitro benzene ring substituents is 1. The number of thioether (sulfide) groups is 1. The fraction of sp³-hybridized carbons (Fsp3) is 0.0500. The number of nitro groups is 1. The number of halogens is 3. The van der Waals surface area contributed by atoms with Gasteiger partial charge in [0.25, 0.3) is 27.4 Å². The van der Waals surface area contributed by atoms with Crippen LogP contribution in [0.25, 0.3) is 0 Å². The molecule has 0 heterocycles. The molecule has 3 aromatic carbocycles. The molecule has 13 heteroatoms. The van der Waals surface area contributed by atoms with Crippen LogP contribution in [0.3, 0.4) is 0 Å². The number of hydrogen-bond donors (Lipinski definition) is 2. The van der Waals surface area contributed by atoms with Crippen molar-refractivity contribution in [1.29, 1.82) is 0 Å². The zero-order valence-corrected chi connectivity index (χ0v) is 18.8. The van der Waals surface area contributed by atoms with Crippen LogP contribution in [0.2, 0.25) is 5.02 Å². The van der Waals surface area contributed by atoms with Gasteiger partial charge in [-0.2, -0.15) is 8.78 Å². The highest BCUT2D eigenvalue weighted by Crippen LogP contribution is 2.28. The van der Waals surface area contributed by atoms with E-state index in [1.807, 2.05) is 0 Å². The van der Waals surface area contributed by atoms with Gasteiger partial charge in [0, 0.05) is 27.9 Å². The minimum Gasteiger partial charge on any atom is -0.322 e. The van der Waals surface area contributed by atoms with Crippen LogP contribution in [0.15, 0.2) is 76.5 Å². The number of anilines is 2. The third kappa shape index (κ3) is 6.40. The van der Waals surface area contributed by atoms with Crippen LogP contribution in [0, 0.1) is 10.1 Å². The van der Waals surface area contributed by atoms with Crippen molar-refractivity contribution in [2.24, 2.45) is 0 Å². The third-order valence-electron chi connectivity index (χ3n) is 4.16. The van der Waals surface area contributed by atoms with Crippen LogP contribution >= 0.6 is 23.4 Å². The standard InChI is InChI=1S/C20H14ClF2N3O5S2/c21-17-10-9-16(11-18(17)26(28)29)33(30,31)25-14-3-1-12(2-4-14)19(27)24-13-5-7-15(8-6-13)32-20(22)23/h1-11,20,25H,(H,24,27). The summed E-state index contributed by atoms with van der Waals surface area (Å²) >= 11 is 6.10. The highest BCUT2D eigenvalue weighted by Gasteiger charge is 2.21. The molecule has 1 amide bonds. The Hall–Kier alpha value is -3.22. The fourth-order valence-electron chi connectivity index (χ4n) is 2.63. The summed E-state index contributed by atoms with van der Waals surface area (Å²) in [7, 11) is -4.15. The van der Waals surface area contributed by atoms with Crippen LogP contribution in [0.5, 0.6) is 0 Å². The molecule has 0 spiro atoms. The minimum absolute atomic E-state index is 0.123. The van der Waals surface area contributed by atoms with Crippen LogP contribution in [-0.4, -0.2) is 25.0 Å². The number of amides is 1. The lowest BCUT2D eigenvalue weighted by Crippen LogP contribution is -2.14. The van der Waals surface area contributed by atoms with Gasteiger partial charge < -0.3 is 5.32 Å². The zero-order valence-electron chi connectivity index (χ0n) is 16.4. The smallest absolute Gasteiger partial charge is 0.289 e. The molecule has 0 saturated carbocycles. The predicted molar refractivity (Wildman–Crippen MR) is 122 cm³/mol. The normalized spacial score (nSPS) is 11.3. The molecule has 0 aliphatic rings. The molecule has 172 valence electrons. The first kappa shape index (κ1) is 24.4. The lowest BCUT2D eigenvalue weighted by atomic mass is 10.2. The van der Waals surface area contributed by atoms with Gasteiger partial charge in [0.2, 0.25) is 0 Å². The van der Waals surface area contributed by atoms with E-state index in [-0.39, 0.29) is 21.2 Å². The highest BCUT2D eigenvalue weighted by atomic mass is 35.5. The minimum atomic E-state index is -4.15. The maximum absolute atomic E-state index is 12.5. The average Bonchev–Trinajstić information content (AvgIpc) is 2.75. The second-order valence-corrected chi connectivity index (χ2v) is 9.56. The van der Waals surface area contributed by atoms with Gasteiger partial charge in [0.15, 0.2) is 0 Å². The van der Waals surface area contributed by atoms with Gasteiger partial charge in [0.05, 0.1) is 9.82 Å². The Morgan fingerprint density at radius 3 is 2.18 bits per heavy atom. The molecule has 0 aliphatic carbocycles. The number of carbonyl (C=O) groups excluding carboxylic acids is 1. The molecule has 0 unspecified atom stereocenters. The molecule has 8 nitrogen and oxygen atoms in total. The molecular formula is C20H14ClF2N3O5S2. The molecular weight excluding hydrogens is 500 g/mol. The van der Waals surface area contributed by atoms with E-state index in [2.05, 4.69) is 10.0 Å². The monoisotopic (exact) mass is 513 g/mol. The van der Waals surface area contributed by atoms with Gasteiger partial charge in [-0.3, -0.25) is 19.6 Å². The molecule has 3 rings (SSSR count). The lowest BCUT2D eigenvalue weighted by Gasteiger charge is -2.10. The van der Waals surface area contributed by atoms with E-state index in [1.54, 1.807) is 0 Å². The molecule has 0 radical (unpaired) electrons. The van der Waals surface area contributed by atoms with Crippen LogP contribution < -0.4 is 10.0 Å². The van der Waals surface area contributed by atoms with Gasteiger partial charge in [0.1, 0.15) is 5.02 Å². The van der Waals surface area contributed by atoms with Gasteiger partial charge in [-0.05, 0) is 60.7 Å². The second-order valence-electron chi connectivity index (χ2n) is 6.41. The highest BCUT2D eigenvalue weighted by molar-refractivity contribution is 7.99. The van der Waals surface area contributed by atoms with Crippen molar-refractivity contribution < 1.29 is 26.9 Å². The summed E-state index contributed by atoms with van der Waals surface area (Å²) in [6.07, 6.45) is 0. The Labute approximate surface area is 196 Å². The number of carbonyl (C=O) groups is 1. The number of rotatable bonds is 8. The largest absolute Gasteiger partial charge is 0.322 e. The van der Waals surface area contributed by atoms with Crippen molar-refractivity contribution in [2.45, 2.75) is 15.5 Å². The first-order valence-corrected chi connectivity index (χ1v) is 11.7. The van der Waals surface area contributed by atoms with Crippen LogP contribution in [-0.2, 0) is 10.0 Å². The van der Waals surface area contributed by atoms with Gasteiger partial charge in [-0.15, -0.1) is 0 Å². The summed E-state index contributed by atoms with van der Waals surface area (Å²) in [5, 5.41) is 13.4. The van der Waals surface area contributed by atoms with Crippen molar-refractivity contribution in [3.63, 3.8) is 0 Å². The van der Waals surface area contributed by atoms with Crippen LogP contribution in [0.1, 0.15) is 10.4 Å². The predicted octanol–water partition coefficient (Wildman–Crippen LogP) is 5.62. The fourth-order valence-corrected chi connectivity index (χ4v) is 4.39. The van der Waals surface area contributed by atoms with Gasteiger partial charge >= 0.3 is 0 Å². The average molecular weight is 514 g/mol. The number of nitrogens with zero attached hydrogens (tertiary/aromatic N) is 1. The molecule has 33 heavy (non-hydrogen) atoms. The molecule has 0 aliphatic heterocycles. The molecule has 0 saturated heterocycles. The van der Waals surface area contributed by atoms with Gasteiger partial charge in [-0.25, -0.2) is 8.42 Å². The topological polar surface area (TPSA) is 118 Å². The second kappa shape index (κ2) is 10.1. The SMILES string of the molecule is O=C(Nc1ccc(SC(F)F)cc1)c1ccc(NS(=O)(=O)c2ccc(Cl)c([N+](=O)[O-])c2)cc1. The maximum Gasteiger partial charge on any atom is 0.289 e. The summed E-state index contributed by atoms with van der Waals surface area (Å²) in [5.41, 5.74) is 0.184. The molecule has 0 bridgehead atoms. The molecule has 2 N–H and O–H groups in total. The summed E-state index contributed by atoms with van der Waals surface area (Å²) < 4.78 is 52.1. The molecule has 3 aromatic rings. The Morgan fingerprint density at radius 2 is 1.61 bits per heavy atom. The van der Waals surface area contributed by atoms with Crippen molar-refractivity contribution in [2.75, 3.05) is 10.0 Å². The van der Waals surface area contributed by atoms with Crippen molar-refractivity contribution in [3.05, 3.63) is 87.4 Å². The van der Waals surface area contributed by atoms with Crippen molar-refractivity contribution >= 4 is 56.4 Å². The Bertz CT molecular complexity index is 1290. The van der Waals surface area contributed by atoms with E-state index in [0.29, 0.717) is 22.3 Å². The number of hydrogen-bond acceptors (Lipinski definition) is 6. The number of benzene rings is 3. The Morgan fingerprint density at radius 1 is 1.00 bits per heavy atom. The van der Waals surface area contributed by atoms with Crippen LogP contribution in [0.4, 0.5) is 25.8 Å². The van der Waals surface area contributed by atoms with Crippen molar-refractivity contribution in [3.8, 4) is 0 Å². The summed E-state index contributed by atoms with van der Waals surface area (Å²) in [6, 6.07) is 14.4. The first-order chi connectivity index (χ1) is 15.5. The molecule has 0 aromatic heterocycles. The summed E-state index contributed by atoms with van der Waals surface area (Å²) in [5.74, 6) is -3.04. The van der Waals surface area contributed by atoms with Crippen molar-refractivity contribution in [1.82, 2.24) is 0 Å². The Balaban J connectivity index is 1.69. The maximum atomic E-state index is 12.5.